The van der Waals surface area contributed by atoms with E-state index in [1.807, 2.05) is 24.3 Å². The Balaban J connectivity index is 0.000000744. The Labute approximate surface area is 213 Å². The van der Waals surface area contributed by atoms with Crippen LogP contribution in [0.5, 0.6) is 0 Å². The van der Waals surface area contributed by atoms with E-state index in [9.17, 15) is 14.7 Å². The molecule has 2 rings (SSSR count). The number of carboxylic acid groups (broad SMARTS) is 1. The Hall–Kier alpha value is -2.62. The maximum Gasteiger partial charge on any atom is 0.339 e. The number of benzene rings is 2. The van der Waals surface area contributed by atoms with Gasteiger partial charge in [0.1, 0.15) is 0 Å². The van der Waals surface area contributed by atoms with Gasteiger partial charge in [0, 0.05) is 0 Å². The molecule has 2 aromatic rings. The van der Waals surface area contributed by atoms with Gasteiger partial charge in [0.2, 0.25) is 0 Å². The van der Waals surface area contributed by atoms with Crippen molar-refractivity contribution in [3.05, 3.63) is 70.8 Å². The first kappa shape index (κ1) is 30.4. The van der Waals surface area contributed by atoms with E-state index in [-0.39, 0.29) is 11.1 Å². The molecule has 0 aliphatic rings. The summed E-state index contributed by atoms with van der Waals surface area (Å²) in [6.45, 7) is 6.81. The molecule has 0 aromatic heterocycles. The second-order valence-electron chi connectivity index (χ2n) is 9.22. The van der Waals surface area contributed by atoms with Gasteiger partial charge in [-0.1, -0.05) is 126 Å². The van der Waals surface area contributed by atoms with E-state index in [4.69, 9.17) is 4.74 Å². The van der Waals surface area contributed by atoms with Gasteiger partial charge in [-0.3, -0.25) is 0 Å². The predicted octanol–water partition coefficient (Wildman–Crippen LogP) is 8.80. The van der Waals surface area contributed by atoms with Crippen molar-refractivity contribution in [1.29, 1.82) is 0 Å². The first-order valence-corrected chi connectivity index (χ1v) is 13.5. The lowest BCUT2D eigenvalue weighted by Crippen LogP contribution is -2.15. The second kappa shape index (κ2) is 19.7. The van der Waals surface area contributed by atoms with Crippen LogP contribution in [0.25, 0.3) is 0 Å². The van der Waals surface area contributed by atoms with Crippen molar-refractivity contribution < 1.29 is 19.4 Å². The zero-order valence-corrected chi connectivity index (χ0v) is 22.2. The Morgan fingerprint density at radius 3 is 1.83 bits per heavy atom. The van der Waals surface area contributed by atoms with Gasteiger partial charge in [0.05, 0.1) is 17.7 Å². The Morgan fingerprint density at radius 1 is 0.714 bits per heavy atom. The molecule has 1 N–H and O–H groups in total. The molecule has 0 radical (unpaired) electrons. The van der Waals surface area contributed by atoms with Crippen LogP contribution in [0, 0.1) is 6.92 Å². The smallest absolute Gasteiger partial charge is 0.339 e. The van der Waals surface area contributed by atoms with E-state index in [2.05, 4.69) is 32.9 Å². The van der Waals surface area contributed by atoms with Crippen LogP contribution < -0.4 is 0 Å². The van der Waals surface area contributed by atoms with Crippen LogP contribution in [0.15, 0.2) is 48.5 Å². The molecule has 0 bridgehead atoms. The third kappa shape index (κ3) is 13.8. The van der Waals surface area contributed by atoms with Crippen LogP contribution in [0.4, 0.5) is 0 Å². The number of carboxylic acids is 1. The molecule has 0 aliphatic heterocycles. The summed E-state index contributed by atoms with van der Waals surface area (Å²) in [7, 11) is 0. The fourth-order valence-electron chi connectivity index (χ4n) is 3.99. The van der Waals surface area contributed by atoms with Crippen molar-refractivity contribution in [3.8, 4) is 0 Å². The molecule has 0 atom stereocenters. The number of rotatable bonds is 16. The third-order valence-corrected chi connectivity index (χ3v) is 6.06. The molecule has 0 fully saturated rings. The first-order chi connectivity index (χ1) is 17.0. The van der Waals surface area contributed by atoms with Crippen molar-refractivity contribution in [2.75, 3.05) is 6.61 Å². The van der Waals surface area contributed by atoms with E-state index < -0.39 is 11.9 Å². The molecule has 194 valence electrons. The van der Waals surface area contributed by atoms with Crippen molar-refractivity contribution in [3.63, 3.8) is 0 Å². The van der Waals surface area contributed by atoms with Crippen molar-refractivity contribution >= 4 is 11.9 Å². The number of carbonyl (C=O) groups excluding carboxylic acids is 1. The largest absolute Gasteiger partial charge is 0.478 e. The van der Waals surface area contributed by atoms with Gasteiger partial charge in [-0.2, -0.15) is 0 Å². The van der Waals surface area contributed by atoms with Crippen molar-refractivity contribution in [2.45, 2.75) is 104 Å². The summed E-state index contributed by atoms with van der Waals surface area (Å²) in [6, 6.07) is 15.4. The first-order valence-electron chi connectivity index (χ1n) is 13.5. The number of esters is 1. The molecule has 0 amide bonds. The van der Waals surface area contributed by atoms with Crippen LogP contribution in [0.3, 0.4) is 0 Å². The van der Waals surface area contributed by atoms with E-state index in [1.54, 1.807) is 12.1 Å². The second-order valence-corrected chi connectivity index (χ2v) is 9.22. The molecule has 0 aliphatic carbocycles. The molecule has 4 nitrogen and oxygen atoms in total. The van der Waals surface area contributed by atoms with Gasteiger partial charge in [-0.15, -0.1) is 0 Å². The lowest BCUT2D eigenvalue weighted by Gasteiger charge is -2.12. The zero-order valence-electron chi connectivity index (χ0n) is 22.2. The monoisotopic (exact) mass is 482 g/mol. The molecule has 0 unspecified atom stereocenters. The highest BCUT2D eigenvalue weighted by Gasteiger charge is 2.21. The molecule has 0 saturated heterocycles. The van der Waals surface area contributed by atoms with Gasteiger partial charge >= 0.3 is 11.9 Å². The highest BCUT2D eigenvalue weighted by atomic mass is 16.5. The fraction of sp³-hybridized carbons (Fsp3) is 0.548. The van der Waals surface area contributed by atoms with Gasteiger partial charge in [0.15, 0.2) is 0 Å². The van der Waals surface area contributed by atoms with Crippen LogP contribution in [-0.4, -0.2) is 23.7 Å². The normalized spacial score (nSPS) is 10.4. The van der Waals surface area contributed by atoms with E-state index >= 15 is 0 Å². The number of aromatic carboxylic acids is 1. The maximum atomic E-state index is 12.4. The molecule has 35 heavy (non-hydrogen) atoms. The molecule has 0 saturated carbocycles. The molecular formula is C31H46O4. The van der Waals surface area contributed by atoms with E-state index in [1.165, 1.54) is 50.5 Å². The summed E-state index contributed by atoms with van der Waals surface area (Å²) < 4.78 is 5.35. The van der Waals surface area contributed by atoms with E-state index in [0.717, 1.165) is 37.7 Å². The summed E-state index contributed by atoms with van der Waals surface area (Å²) in [5.74, 6) is -1.57. The summed E-state index contributed by atoms with van der Waals surface area (Å²) >= 11 is 0. The SMILES string of the molecule is CCCCCCCCOC(=O)c1cccc(CCCCCCCC)c1C(=O)O.Cc1ccccc1. The molecule has 0 spiro atoms. The van der Waals surface area contributed by atoms with E-state index in [0.29, 0.717) is 13.0 Å². The minimum absolute atomic E-state index is 0.115. The summed E-state index contributed by atoms with van der Waals surface area (Å²) in [4.78, 5) is 24.2. The molecule has 0 heterocycles. The van der Waals surface area contributed by atoms with Crippen molar-refractivity contribution in [1.82, 2.24) is 0 Å². The lowest BCUT2D eigenvalue weighted by molar-refractivity contribution is 0.0487. The minimum Gasteiger partial charge on any atom is -0.478 e. The van der Waals surface area contributed by atoms with Gasteiger partial charge < -0.3 is 9.84 Å². The number of unbranched alkanes of at least 4 members (excludes halogenated alkanes) is 10. The fourth-order valence-corrected chi connectivity index (χ4v) is 3.99. The van der Waals surface area contributed by atoms with Gasteiger partial charge in [-0.05, 0) is 37.8 Å². The number of hydrogen-bond donors (Lipinski definition) is 1. The topological polar surface area (TPSA) is 63.6 Å². The van der Waals surface area contributed by atoms with Gasteiger partial charge in [-0.25, -0.2) is 9.59 Å². The average molecular weight is 483 g/mol. The highest BCUT2D eigenvalue weighted by Crippen LogP contribution is 2.20. The Kier molecular flexibility index (Phi) is 17.1. The van der Waals surface area contributed by atoms with Crippen LogP contribution in [0.2, 0.25) is 0 Å². The van der Waals surface area contributed by atoms with Crippen LogP contribution in [0.1, 0.15) is 123 Å². The standard InChI is InChI=1S/C24H38O4.C7H8/c1-3-5-7-9-11-13-16-20-17-15-18-21(22(20)23(25)26)24(27)28-19-14-12-10-8-6-4-2;1-7-5-3-2-4-6-7/h15,17-18H,3-14,16,19H2,1-2H3,(H,25,26);2-6H,1H3. The number of aryl methyl sites for hydroxylation is 2. The minimum atomic E-state index is -1.05. The third-order valence-electron chi connectivity index (χ3n) is 6.06. The van der Waals surface area contributed by atoms with Crippen LogP contribution in [-0.2, 0) is 11.2 Å². The quantitative estimate of drug-likeness (QED) is 0.192. The Bertz CT molecular complexity index is 829. The average Bonchev–Trinajstić information content (AvgIpc) is 2.86. The number of ether oxygens (including phenoxy) is 1. The maximum absolute atomic E-state index is 12.4. The lowest BCUT2D eigenvalue weighted by atomic mass is 9.96. The predicted molar refractivity (Wildman–Crippen MR) is 145 cm³/mol. The van der Waals surface area contributed by atoms with Crippen molar-refractivity contribution in [2.24, 2.45) is 0 Å². The van der Waals surface area contributed by atoms with Crippen LogP contribution >= 0.6 is 0 Å². The molecular weight excluding hydrogens is 436 g/mol. The Morgan fingerprint density at radius 2 is 1.29 bits per heavy atom. The van der Waals surface area contributed by atoms with Gasteiger partial charge in [0.25, 0.3) is 0 Å². The number of hydrogen-bond acceptors (Lipinski definition) is 3. The summed E-state index contributed by atoms with van der Waals surface area (Å²) in [5.41, 5.74) is 2.35. The summed E-state index contributed by atoms with van der Waals surface area (Å²) in [6.07, 6.45) is 14.3. The number of carbonyl (C=O) groups is 2. The summed E-state index contributed by atoms with van der Waals surface area (Å²) in [5, 5.41) is 9.65. The molecule has 2 aromatic carbocycles. The zero-order chi connectivity index (χ0) is 25.7. The molecule has 4 heteroatoms. The highest BCUT2D eigenvalue weighted by molar-refractivity contribution is 6.03.